The second-order valence-corrected chi connectivity index (χ2v) is 6.04. The molecule has 0 radical (unpaired) electrons. The molecule has 1 N–H and O–H groups in total. The lowest BCUT2D eigenvalue weighted by atomic mass is 9.82. The van der Waals surface area contributed by atoms with Gasteiger partial charge in [0.1, 0.15) is 5.82 Å². The number of hydrogen-bond acceptors (Lipinski definition) is 3. The SMILES string of the molecule is N#CCCn1nc(-c2cccc(F)c2)c2c1CCCC2CC(=O)O. The molecule has 1 aromatic carbocycles. The van der Waals surface area contributed by atoms with E-state index in [0.29, 0.717) is 24.2 Å². The molecular weight excluding hydrogens is 309 g/mol. The van der Waals surface area contributed by atoms with Crippen LogP contribution in [0.3, 0.4) is 0 Å². The molecule has 124 valence electrons. The molecule has 3 rings (SSSR count). The number of nitriles is 1. The van der Waals surface area contributed by atoms with Crippen molar-refractivity contribution in [1.29, 1.82) is 5.26 Å². The first-order valence-electron chi connectivity index (χ1n) is 8.04. The van der Waals surface area contributed by atoms with Gasteiger partial charge in [-0.3, -0.25) is 9.48 Å². The zero-order valence-electron chi connectivity index (χ0n) is 13.2. The van der Waals surface area contributed by atoms with Crippen LogP contribution in [-0.4, -0.2) is 20.9 Å². The Morgan fingerprint density at radius 3 is 3.04 bits per heavy atom. The lowest BCUT2D eigenvalue weighted by Crippen LogP contribution is -2.15. The van der Waals surface area contributed by atoms with E-state index in [1.54, 1.807) is 16.8 Å². The molecule has 2 aromatic rings. The largest absolute Gasteiger partial charge is 0.481 e. The van der Waals surface area contributed by atoms with Crippen molar-refractivity contribution in [2.45, 2.75) is 44.6 Å². The number of hydrogen-bond donors (Lipinski definition) is 1. The fourth-order valence-electron chi connectivity index (χ4n) is 3.47. The van der Waals surface area contributed by atoms with E-state index in [1.807, 2.05) is 0 Å². The third kappa shape index (κ3) is 3.16. The Labute approximate surface area is 139 Å². The van der Waals surface area contributed by atoms with Crippen molar-refractivity contribution in [3.05, 3.63) is 41.3 Å². The summed E-state index contributed by atoms with van der Waals surface area (Å²) in [6.45, 7) is 0.466. The summed E-state index contributed by atoms with van der Waals surface area (Å²) in [6.07, 6.45) is 2.86. The highest BCUT2D eigenvalue weighted by molar-refractivity contribution is 5.71. The van der Waals surface area contributed by atoms with Crippen molar-refractivity contribution < 1.29 is 14.3 Å². The minimum atomic E-state index is -0.845. The smallest absolute Gasteiger partial charge is 0.303 e. The zero-order chi connectivity index (χ0) is 17.1. The molecule has 1 heterocycles. The molecule has 1 aromatic heterocycles. The van der Waals surface area contributed by atoms with E-state index in [-0.39, 0.29) is 18.2 Å². The maximum Gasteiger partial charge on any atom is 0.303 e. The molecule has 1 aliphatic rings. The van der Waals surface area contributed by atoms with Crippen LogP contribution >= 0.6 is 0 Å². The van der Waals surface area contributed by atoms with Gasteiger partial charge < -0.3 is 5.11 Å². The lowest BCUT2D eigenvalue weighted by molar-refractivity contribution is -0.137. The van der Waals surface area contributed by atoms with E-state index in [9.17, 15) is 14.3 Å². The van der Waals surface area contributed by atoms with Crippen LogP contribution in [0.4, 0.5) is 4.39 Å². The fraction of sp³-hybridized carbons (Fsp3) is 0.389. The number of aliphatic carboxylic acids is 1. The standard InChI is InChI=1S/C18H18FN3O2/c19-14-6-1-5-13(10-14)18-17-12(11-16(23)24)4-2-7-15(17)22(21-18)9-3-8-20/h1,5-6,10,12H,2-4,7,9,11H2,(H,23,24). The number of aromatic nitrogens is 2. The van der Waals surface area contributed by atoms with Crippen molar-refractivity contribution in [3.63, 3.8) is 0 Å². The summed E-state index contributed by atoms with van der Waals surface area (Å²) >= 11 is 0. The van der Waals surface area contributed by atoms with Crippen molar-refractivity contribution in [2.24, 2.45) is 0 Å². The average molecular weight is 327 g/mol. The Hall–Kier alpha value is -2.68. The molecule has 6 heteroatoms. The van der Waals surface area contributed by atoms with Crippen LogP contribution in [-0.2, 0) is 17.8 Å². The van der Waals surface area contributed by atoms with Gasteiger partial charge in [0, 0.05) is 16.8 Å². The molecule has 5 nitrogen and oxygen atoms in total. The maximum absolute atomic E-state index is 13.6. The second kappa shape index (κ2) is 6.83. The number of carboxylic acid groups (broad SMARTS) is 1. The van der Waals surface area contributed by atoms with Crippen molar-refractivity contribution in [3.8, 4) is 17.3 Å². The van der Waals surface area contributed by atoms with Crippen LogP contribution in [0.1, 0.15) is 42.9 Å². The predicted octanol–water partition coefficient (Wildman–Crippen LogP) is 3.50. The number of carboxylic acids is 1. The van der Waals surface area contributed by atoms with Crippen LogP contribution in [0.15, 0.2) is 24.3 Å². The number of benzene rings is 1. The van der Waals surface area contributed by atoms with E-state index in [1.165, 1.54) is 12.1 Å². The quantitative estimate of drug-likeness (QED) is 0.911. The molecule has 0 saturated carbocycles. The summed E-state index contributed by atoms with van der Waals surface area (Å²) < 4.78 is 15.4. The van der Waals surface area contributed by atoms with E-state index in [0.717, 1.165) is 30.5 Å². The molecule has 0 amide bonds. The summed E-state index contributed by atoms with van der Waals surface area (Å²) in [7, 11) is 0. The highest BCUT2D eigenvalue weighted by Crippen LogP contribution is 2.40. The Balaban J connectivity index is 2.12. The molecular formula is C18H18FN3O2. The van der Waals surface area contributed by atoms with Gasteiger partial charge in [-0.2, -0.15) is 10.4 Å². The molecule has 0 fully saturated rings. The topological polar surface area (TPSA) is 78.9 Å². The fourth-order valence-corrected chi connectivity index (χ4v) is 3.47. The first-order valence-corrected chi connectivity index (χ1v) is 8.04. The van der Waals surface area contributed by atoms with E-state index >= 15 is 0 Å². The zero-order valence-corrected chi connectivity index (χ0v) is 13.2. The van der Waals surface area contributed by atoms with Gasteiger partial charge in [0.2, 0.25) is 0 Å². The first kappa shape index (κ1) is 16.2. The van der Waals surface area contributed by atoms with Gasteiger partial charge in [-0.1, -0.05) is 12.1 Å². The number of aryl methyl sites for hydroxylation is 1. The predicted molar refractivity (Wildman–Crippen MR) is 85.8 cm³/mol. The van der Waals surface area contributed by atoms with Crippen LogP contribution in [0.2, 0.25) is 0 Å². The molecule has 0 saturated heterocycles. The highest BCUT2D eigenvalue weighted by Gasteiger charge is 2.30. The number of rotatable bonds is 5. The Morgan fingerprint density at radius 2 is 2.33 bits per heavy atom. The molecule has 0 spiro atoms. The van der Waals surface area contributed by atoms with E-state index in [2.05, 4.69) is 11.2 Å². The minimum Gasteiger partial charge on any atom is -0.481 e. The Bertz CT molecular complexity index is 807. The summed E-state index contributed by atoms with van der Waals surface area (Å²) in [5.74, 6) is -1.32. The molecule has 1 aliphatic carbocycles. The number of carbonyl (C=O) groups is 1. The lowest BCUT2D eigenvalue weighted by Gasteiger charge is -2.23. The summed E-state index contributed by atoms with van der Waals surface area (Å²) in [5.41, 5.74) is 3.20. The average Bonchev–Trinajstić information content (AvgIpc) is 2.92. The van der Waals surface area contributed by atoms with Crippen LogP contribution in [0, 0.1) is 17.1 Å². The van der Waals surface area contributed by atoms with Crippen molar-refractivity contribution >= 4 is 5.97 Å². The van der Waals surface area contributed by atoms with Crippen LogP contribution < -0.4 is 0 Å². The van der Waals surface area contributed by atoms with Crippen LogP contribution in [0.5, 0.6) is 0 Å². The van der Waals surface area contributed by atoms with Crippen molar-refractivity contribution in [1.82, 2.24) is 9.78 Å². The number of halogens is 1. The van der Waals surface area contributed by atoms with Crippen molar-refractivity contribution in [2.75, 3.05) is 0 Å². The number of fused-ring (bicyclic) bond motifs is 1. The summed E-state index contributed by atoms with van der Waals surface area (Å²) in [4.78, 5) is 11.2. The van der Waals surface area contributed by atoms with Crippen LogP contribution in [0.25, 0.3) is 11.3 Å². The summed E-state index contributed by atoms with van der Waals surface area (Å²) in [6, 6.07) is 8.31. The third-order valence-electron chi connectivity index (χ3n) is 4.43. The molecule has 0 aliphatic heterocycles. The van der Waals surface area contributed by atoms with E-state index < -0.39 is 5.97 Å². The minimum absolute atomic E-state index is 0.0409. The van der Waals surface area contributed by atoms with Gasteiger partial charge in [0.05, 0.1) is 31.1 Å². The molecule has 0 bridgehead atoms. The van der Waals surface area contributed by atoms with Gasteiger partial charge in [0.25, 0.3) is 0 Å². The Morgan fingerprint density at radius 1 is 1.50 bits per heavy atom. The molecule has 1 atom stereocenters. The maximum atomic E-state index is 13.6. The highest BCUT2D eigenvalue weighted by atomic mass is 19.1. The molecule has 24 heavy (non-hydrogen) atoms. The molecule has 1 unspecified atom stereocenters. The number of nitrogens with zero attached hydrogens (tertiary/aromatic N) is 3. The second-order valence-electron chi connectivity index (χ2n) is 6.04. The summed E-state index contributed by atoms with van der Waals surface area (Å²) in [5, 5.41) is 22.7. The van der Waals surface area contributed by atoms with Gasteiger partial charge >= 0.3 is 5.97 Å². The first-order chi connectivity index (χ1) is 11.6. The Kier molecular flexibility index (Phi) is 4.61. The van der Waals surface area contributed by atoms with Gasteiger partial charge in [-0.05, 0) is 37.3 Å². The van der Waals surface area contributed by atoms with Gasteiger partial charge in [-0.15, -0.1) is 0 Å². The van der Waals surface area contributed by atoms with E-state index in [4.69, 9.17) is 5.26 Å². The normalized spacial score (nSPS) is 16.4. The monoisotopic (exact) mass is 327 g/mol. The third-order valence-corrected chi connectivity index (χ3v) is 4.43. The van der Waals surface area contributed by atoms with Gasteiger partial charge in [0.15, 0.2) is 0 Å². The van der Waals surface area contributed by atoms with Gasteiger partial charge in [-0.25, -0.2) is 4.39 Å².